The molecule has 0 unspecified atom stereocenters. The van der Waals surface area contributed by atoms with Crippen LogP contribution in [0.1, 0.15) is 11.3 Å². The van der Waals surface area contributed by atoms with Crippen LogP contribution in [-0.2, 0) is 12.8 Å². The molecule has 1 heterocycles. The molecule has 0 aliphatic carbocycles. The molecular weight excluding hydrogens is 231 g/mol. The van der Waals surface area contributed by atoms with Gasteiger partial charge in [0.25, 0.3) is 0 Å². The van der Waals surface area contributed by atoms with Crippen molar-refractivity contribution in [2.75, 3.05) is 24.7 Å². The van der Waals surface area contributed by atoms with Gasteiger partial charge < -0.3 is 10.6 Å². The highest BCUT2D eigenvalue weighted by molar-refractivity contribution is 5.45. The van der Waals surface area contributed by atoms with Crippen molar-refractivity contribution in [3.8, 4) is 0 Å². The second-order valence-corrected chi connectivity index (χ2v) is 4.08. The Hall–Kier alpha value is -2.04. The van der Waals surface area contributed by atoms with Crippen molar-refractivity contribution in [2.45, 2.75) is 12.8 Å². The van der Waals surface area contributed by atoms with Gasteiger partial charge in [-0.15, -0.1) is 0 Å². The second kappa shape index (κ2) is 5.53. The van der Waals surface area contributed by atoms with E-state index in [1.807, 2.05) is 26.2 Å². The molecular formula is C13H17FN4. The first kappa shape index (κ1) is 12.4. The summed E-state index contributed by atoms with van der Waals surface area (Å²) in [7, 11) is 3.64. The van der Waals surface area contributed by atoms with Crippen molar-refractivity contribution in [1.29, 1.82) is 0 Å². The number of benzene rings is 1. The molecule has 0 amide bonds. The van der Waals surface area contributed by atoms with Gasteiger partial charge in [-0.1, -0.05) is 0 Å². The van der Waals surface area contributed by atoms with Gasteiger partial charge in [-0.3, -0.25) is 5.10 Å². The zero-order chi connectivity index (χ0) is 13.0. The molecule has 1 aromatic carbocycles. The van der Waals surface area contributed by atoms with E-state index in [2.05, 4.69) is 20.8 Å². The van der Waals surface area contributed by atoms with Gasteiger partial charge in [-0.25, -0.2) is 4.39 Å². The van der Waals surface area contributed by atoms with Crippen molar-refractivity contribution < 1.29 is 4.39 Å². The van der Waals surface area contributed by atoms with Gasteiger partial charge in [0.1, 0.15) is 11.6 Å². The summed E-state index contributed by atoms with van der Waals surface area (Å²) in [4.78, 5) is 0. The monoisotopic (exact) mass is 248 g/mol. The topological polar surface area (TPSA) is 52.7 Å². The number of halogens is 1. The molecule has 0 radical (unpaired) electrons. The lowest BCUT2D eigenvalue weighted by atomic mass is 10.1. The minimum atomic E-state index is -0.164. The summed E-state index contributed by atoms with van der Waals surface area (Å²) >= 11 is 0. The Morgan fingerprint density at radius 3 is 2.67 bits per heavy atom. The van der Waals surface area contributed by atoms with Crippen molar-refractivity contribution in [3.05, 3.63) is 41.3 Å². The normalized spacial score (nSPS) is 10.4. The number of nitrogens with zero attached hydrogens (tertiary/aromatic N) is 1. The summed E-state index contributed by atoms with van der Waals surface area (Å²) in [6.07, 6.45) is 1.38. The number of nitrogens with one attached hydrogen (secondary N) is 3. The number of hydrogen-bond donors (Lipinski definition) is 3. The number of aryl methyl sites for hydroxylation is 2. The Balaban J connectivity index is 2.05. The zero-order valence-electron chi connectivity index (χ0n) is 10.5. The molecule has 3 N–H and O–H groups in total. The van der Waals surface area contributed by atoms with Crippen LogP contribution in [0.15, 0.2) is 24.3 Å². The number of aromatic amines is 1. The van der Waals surface area contributed by atoms with Gasteiger partial charge >= 0.3 is 0 Å². The molecule has 0 fully saturated rings. The minimum absolute atomic E-state index is 0.164. The van der Waals surface area contributed by atoms with Crippen LogP contribution in [0, 0.1) is 5.82 Å². The summed E-state index contributed by atoms with van der Waals surface area (Å²) < 4.78 is 13.6. The fourth-order valence-corrected chi connectivity index (χ4v) is 1.81. The predicted octanol–water partition coefficient (Wildman–Crippen LogP) is 2.42. The lowest BCUT2D eigenvalue weighted by Gasteiger charge is -2.05. The molecule has 5 heteroatoms. The van der Waals surface area contributed by atoms with Crippen LogP contribution < -0.4 is 10.6 Å². The number of rotatable bonds is 5. The first-order chi connectivity index (χ1) is 8.72. The maximum absolute atomic E-state index is 13.6. The number of H-pyrrole nitrogens is 1. The molecule has 0 aliphatic rings. The van der Waals surface area contributed by atoms with E-state index in [4.69, 9.17) is 0 Å². The fraction of sp³-hybridized carbons (Fsp3) is 0.308. The summed E-state index contributed by atoms with van der Waals surface area (Å²) in [6.45, 7) is 0. The highest BCUT2D eigenvalue weighted by atomic mass is 19.1. The molecule has 2 rings (SSSR count). The smallest absolute Gasteiger partial charge is 0.147 e. The Labute approximate surface area is 106 Å². The molecule has 96 valence electrons. The van der Waals surface area contributed by atoms with Crippen LogP contribution in [0.2, 0.25) is 0 Å². The van der Waals surface area contributed by atoms with E-state index in [-0.39, 0.29) is 5.82 Å². The van der Waals surface area contributed by atoms with Gasteiger partial charge in [0, 0.05) is 31.5 Å². The Bertz CT molecular complexity index is 521. The lowest BCUT2D eigenvalue weighted by Crippen LogP contribution is -1.97. The quantitative estimate of drug-likeness (QED) is 0.761. The van der Waals surface area contributed by atoms with Crippen LogP contribution >= 0.6 is 0 Å². The largest absolute Gasteiger partial charge is 0.388 e. The number of anilines is 2. The van der Waals surface area contributed by atoms with Crippen molar-refractivity contribution in [1.82, 2.24) is 10.2 Å². The lowest BCUT2D eigenvalue weighted by molar-refractivity contribution is 0.608. The molecule has 18 heavy (non-hydrogen) atoms. The Kier molecular flexibility index (Phi) is 3.82. The predicted molar refractivity (Wildman–Crippen MR) is 71.5 cm³/mol. The van der Waals surface area contributed by atoms with E-state index in [0.29, 0.717) is 12.0 Å². The van der Waals surface area contributed by atoms with Gasteiger partial charge in [-0.2, -0.15) is 5.10 Å². The summed E-state index contributed by atoms with van der Waals surface area (Å²) in [5.41, 5.74) is 2.63. The molecule has 0 saturated carbocycles. The third kappa shape index (κ3) is 2.80. The molecule has 4 nitrogen and oxygen atoms in total. The van der Waals surface area contributed by atoms with Crippen LogP contribution in [-0.4, -0.2) is 24.3 Å². The molecule has 0 atom stereocenters. The highest BCUT2D eigenvalue weighted by Gasteiger charge is 2.05. The molecule has 0 aliphatic heterocycles. The standard InChI is InChI=1S/C13H17FN4/c1-15-10-5-6-12(14)9(7-10)3-4-11-8-13(16-2)18-17-11/h5-8,15H,3-4H2,1-2H3,(H2,16,17,18). The van der Waals surface area contributed by atoms with E-state index in [9.17, 15) is 4.39 Å². The molecule has 0 bridgehead atoms. The number of aromatic nitrogens is 2. The van der Waals surface area contributed by atoms with Crippen molar-refractivity contribution in [2.24, 2.45) is 0 Å². The molecule has 1 aromatic heterocycles. The zero-order valence-corrected chi connectivity index (χ0v) is 10.5. The van der Waals surface area contributed by atoms with Crippen molar-refractivity contribution in [3.63, 3.8) is 0 Å². The maximum Gasteiger partial charge on any atom is 0.147 e. The van der Waals surface area contributed by atoms with Gasteiger partial charge in [-0.05, 0) is 36.6 Å². The fourth-order valence-electron chi connectivity index (χ4n) is 1.81. The van der Waals surface area contributed by atoms with E-state index < -0.39 is 0 Å². The van der Waals surface area contributed by atoms with Gasteiger partial charge in [0.15, 0.2) is 0 Å². The molecule has 0 spiro atoms. The van der Waals surface area contributed by atoms with Crippen LogP contribution in [0.4, 0.5) is 15.9 Å². The summed E-state index contributed by atoms with van der Waals surface area (Å²) in [6, 6.07) is 6.99. The average molecular weight is 248 g/mol. The van der Waals surface area contributed by atoms with Gasteiger partial charge in [0.05, 0.1) is 0 Å². The van der Waals surface area contributed by atoms with E-state index in [0.717, 1.165) is 23.6 Å². The number of hydrogen-bond acceptors (Lipinski definition) is 3. The van der Waals surface area contributed by atoms with Gasteiger partial charge in [0.2, 0.25) is 0 Å². The van der Waals surface area contributed by atoms with E-state index in [1.165, 1.54) is 6.07 Å². The SMILES string of the molecule is CNc1ccc(F)c(CCc2cc(NC)n[nH]2)c1. The third-order valence-electron chi connectivity index (χ3n) is 2.89. The Morgan fingerprint density at radius 2 is 2.00 bits per heavy atom. The van der Waals surface area contributed by atoms with Crippen LogP contribution in [0.3, 0.4) is 0 Å². The minimum Gasteiger partial charge on any atom is -0.388 e. The van der Waals surface area contributed by atoms with Crippen LogP contribution in [0.25, 0.3) is 0 Å². The van der Waals surface area contributed by atoms with Crippen molar-refractivity contribution >= 4 is 11.5 Å². The highest BCUT2D eigenvalue weighted by Crippen LogP contribution is 2.16. The first-order valence-corrected chi connectivity index (χ1v) is 5.91. The first-order valence-electron chi connectivity index (χ1n) is 5.91. The second-order valence-electron chi connectivity index (χ2n) is 4.08. The summed E-state index contributed by atoms with van der Waals surface area (Å²) in [5.74, 6) is 0.636. The van der Waals surface area contributed by atoms with E-state index >= 15 is 0 Å². The maximum atomic E-state index is 13.6. The average Bonchev–Trinajstić information content (AvgIpc) is 2.86. The molecule has 0 saturated heterocycles. The summed E-state index contributed by atoms with van der Waals surface area (Å²) in [5, 5.41) is 12.9. The van der Waals surface area contributed by atoms with E-state index in [1.54, 1.807) is 6.07 Å². The van der Waals surface area contributed by atoms with Crippen LogP contribution in [0.5, 0.6) is 0 Å². The molecule has 2 aromatic rings. The Morgan fingerprint density at radius 1 is 1.17 bits per heavy atom. The third-order valence-corrected chi connectivity index (χ3v) is 2.89.